The number of benzene rings is 2. The van der Waals surface area contributed by atoms with Gasteiger partial charge in [-0.1, -0.05) is 24.9 Å². The molecule has 0 unspecified atom stereocenters. The molecule has 2 amide bonds. The Labute approximate surface area is 163 Å². The Balaban J connectivity index is 2.16. The predicted octanol–water partition coefficient (Wildman–Crippen LogP) is 4.14. The van der Waals surface area contributed by atoms with Gasteiger partial charge < -0.3 is 20.1 Å². The van der Waals surface area contributed by atoms with Gasteiger partial charge in [0.15, 0.2) is 11.5 Å². The van der Waals surface area contributed by atoms with E-state index < -0.39 is 0 Å². The number of halogens is 1. The first-order valence-corrected chi connectivity index (χ1v) is 9.01. The summed E-state index contributed by atoms with van der Waals surface area (Å²) in [7, 11) is 3.06. The lowest BCUT2D eigenvalue weighted by atomic mass is 10.1. The number of carbonyl (C=O) groups is 2. The van der Waals surface area contributed by atoms with E-state index in [-0.39, 0.29) is 11.8 Å². The zero-order valence-electron chi connectivity index (χ0n) is 15.6. The highest BCUT2D eigenvalue weighted by Gasteiger charge is 2.16. The average Bonchev–Trinajstić information content (AvgIpc) is 2.68. The summed E-state index contributed by atoms with van der Waals surface area (Å²) < 4.78 is 11.0. The number of nitrogens with one attached hydrogen (secondary N) is 2. The molecule has 6 nitrogen and oxygen atoms in total. The summed E-state index contributed by atoms with van der Waals surface area (Å²) in [5.41, 5.74) is 1.41. The summed E-state index contributed by atoms with van der Waals surface area (Å²) in [5.74, 6) is 0.295. The number of hydrogen-bond donors (Lipinski definition) is 2. The van der Waals surface area contributed by atoms with E-state index >= 15 is 0 Å². The number of amides is 2. The minimum absolute atomic E-state index is 0.192. The monoisotopic (exact) mass is 390 g/mol. The number of anilines is 1. The molecular formula is C20H23ClN2O4. The van der Waals surface area contributed by atoms with Gasteiger partial charge in [0, 0.05) is 23.9 Å². The summed E-state index contributed by atoms with van der Waals surface area (Å²) >= 11 is 6.28. The van der Waals surface area contributed by atoms with Crippen molar-refractivity contribution in [3.05, 3.63) is 52.5 Å². The van der Waals surface area contributed by atoms with Crippen molar-refractivity contribution in [2.24, 2.45) is 0 Å². The Kier molecular flexibility index (Phi) is 7.49. The Morgan fingerprint density at radius 2 is 1.78 bits per heavy atom. The molecule has 2 aromatic carbocycles. The van der Waals surface area contributed by atoms with Crippen molar-refractivity contribution in [2.75, 3.05) is 26.1 Å². The van der Waals surface area contributed by atoms with Crippen LogP contribution in [0.3, 0.4) is 0 Å². The summed E-state index contributed by atoms with van der Waals surface area (Å²) in [4.78, 5) is 24.1. The first-order chi connectivity index (χ1) is 13.0. The number of methoxy groups -OCH3 is 1. The van der Waals surface area contributed by atoms with Crippen LogP contribution in [0.25, 0.3) is 0 Å². The largest absolute Gasteiger partial charge is 0.493 e. The van der Waals surface area contributed by atoms with Gasteiger partial charge in [0.2, 0.25) is 0 Å². The molecule has 0 atom stereocenters. The van der Waals surface area contributed by atoms with Crippen LogP contribution >= 0.6 is 11.6 Å². The fraction of sp³-hybridized carbons (Fsp3) is 0.300. The van der Waals surface area contributed by atoms with Crippen LogP contribution in [0.1, 0.15) is 40.5 Å². The van der Waals surface area contributed by atoms with E-state index in [0.29, 0.717) is 39.9 Å². The smallest absolute Gasteiger partial charge is 0.255 e. The van der Waals surface area contributed by atoms with Crippen LogP contribution in [0.5, 0.6) is 11.5 Å². The van der Waals surface area contributed by atoms with E-state index in [4.69, 9.17) is 21.1 Å². The van der Waals surface area contributed by atoms with E-state index in [9.17, 15) is 9.59 Å². The van der Waals surface area contributed by atoms with Gasteiger partial charge in [0.05, 0.1) is 18.7 Å². The normalized spacial score (nSPS) is 10.2. The van der Waals surface area contributed by atoms with E-state index in [2.05, 4.69) is 17.6 Å². The van der Waals surface area contributed by atoms with Gasteiger partial charge in [-0.3, -0.25) is 9.59 Å². The van der Waals surface area contributed by atoms with Crippen LogP contribution in [0.4, 0.5) is 5.69 Å². The van der Waals surface area contributed by atoms with Gasteiger partial charge in [-0.25, -0.2) is 0 Å². The van der Waals surface area contributed by atoms with Gasteiger partial charge in [-0.05, 0) is 42.8 Å². The lowest BCUT2D eigenvalue weighted by molar-refractivity contribution is 0.0962. The van der Waals surface area contributed by atoms with Crippen LogP contribution in [-0.4, -0.2) is 32.6 Å². The second-order valence-electron chi connectivity index (χ2n) is 5.80. The average molecular weight is 391 g/mol. The van der Waals surface area contributed by atoms with Gasteiger partial charge in [-0.15, -0.1) is 0 Å². The Morgan fingerprint density at radius 1 is 1.07 bits per heavy atom. The molecule has 0 saturated heterocycles. The van der Waals surface area contributed by atoms with Crippen molar-refractivity contribution in [1.82, 2.24) is 5.32 Å². The van der Waals surface area contributed by atoms with Crippen LogP contribution < -0.4 is 20.1 Å². The third-order valence-electron chi connectivity index (χ3n) is 3.87. The SMILES string of the molecule is CCCCOc1c(Cl)cc(C(=O)Nc2ccc(C(=O)NC)cc2)cc1OC. The Morgan fingerprint density at radius 3 is 2.37 bits per heavy atom. The zero-order chi connectivity index (χ0) is 19.8. The minimum Gasteiger partial charge on any atom is -0.493 e. The molecule has 27 heavy (non-hydrogen) atoms. The van der Waals surface area contributed by atoms with Crippen molar-refractivity contribution < 1.29 is 19.1 Å². The molecule has 7 heteroatoms. The molecule has 2 N–H and O–H groups in total. The first-order valence-electron chi connectivity index (χ1n) is 8.64. The first kappa shape index (κ1) is 20.6. The third-order valence-corrected chi connectivity index (χ3v) is 4.15. The van der Waals surface area contributed by atoms with Crippen molar-refractivity contribution in [2.45, 2.75) is 19.8 Å². The summed E-state index contributed by atoms with van der Waals surface area (Å²) in [6.07, 6.45) is 1.90. The molecule has 0 saturated carbocycles. The maximum Gasteiger partial charge on any atom is 0.255 e. The standard InChI is InChI=1S/C20H23ClN2O4/c1-4-5-10-27-18-16(21)11-14(12-17(18)26-3)20(25)23-15-8-6-13(7-9-15)19(24)22-2/h6-9,11-12H,4-5,10H2,1-3H3,(H,22,24)(H,23,25). The Hall–Kier alpha value is -2.73. The second-order valence-corrected chi connectivity index (χ2v) is 6.21. The molecule has 0 aliphatic carbocycles. The van der Waals surface area contributed by atoms with Crippen LogP contribution in [0, 0.1) is 0 Å². The summed E-state index contributed by atoms with van der Waals surface area (Å²) in [6, 6.07) is 9.70. The lowest BCUT2D eigenvalue weighted by Crippen LogP contribution is -2.18. The number of hydrogen-bond acceptors (Lipinski definition) is 4. The van der Waals surface area contributed by atoms with Gasteiger partial charge in [0.1, 0.15) is 0 Å². The molecule has 0 aliphatic heterocycles. The quantitative estimate of drug-likeness (QED) is 0.664. The van der Waals surface area contributed by atoms with Crippen LogP contribution in [0.2, 0.25) is 5.02 Å². The van der Waals surface area contributed by atoms with Crippen LogP contribution in [-0.2, 0) is 0 Å². The second kappa shape index (κ2) is 9.83. The predicted molar refractivity (Wildman–Crippen MR) is 106 cm³/mol. The van der Waals surface area contributed by atoms with Crippen molar-refractivity contribution in [3.8, 4) is 11.5 Å². The highest BCUT2D eigenvalue weighted by molar-refractivity contribution is 6.32. The lowest BCUT2D eigenvalue weighted by Gasteiger charge is -2.14. The molecule has 0 aliphatic rings. The number of ether oxygens (including phenoxy) is 2. The molecule has 0 heterocycles. The number of carbonyl (C=O) groups excluding carboxylic acids is 2. The topological polar surface area (TPSA) is 76.7 Å². The van der Waals surface area contributed by atoms with Crippen molar-refractivity contribution >= 4 is 29.1 Å². The van der Waals surface area contributed by atoms with Gasteiger partial charge in [0.25, 0.3) is 11.8 Å². The van der Waals surface area contributed by atoms with E-state index in [1.807, 2.05) is 0 Å². The van der Waals surface area contributed by atoms with Crippen LogP contribution in [0.15, 0.2) is 36.4 Å². The molecular weight excluding hydrogens is 368 g/mol. The maximum atomic E-state index is 12.5. The highest BCUT2D eigenvalue weighted by Crippen LogP contribution is 2.36. The fourth-order valence-corrected chi connectivity index (χ4v) is 2.63. The molecule has 2 rings (SSSR count). The highest BCUT2D eigenvalue weighted by atomic mass is 35.5. The minimum atomic E-state index is -0.344. The van der Waals surface area contributed by atoms with Gasteiger partial charge >= 0.3 is 0 Å². The van der Waals surface area contributed by atoms with E-state index in [1.54, 1.807) is 43.4 Å². The van der Waals surface area contributed by atoms with Gasteiger partial charge in [-0.2, -0.15) is 0 Å². The molecule has 2 aromatic rings. The molecule has 144 valence electrons. The molecule has 0 fully saturated rings. The van der Waals surface area contributed by atoms with Crippen molar-refractivity contribution in [3.63, 3.8) is 0 Å². The fourth-order valence-electron chi connectivity index (χ4n) is 2.36. The summed E-state index contributed by atoms with van der Waals surface area (Å²) in [5, 5.41) is 5.62. The zero-order valence-corrected chi connectivity index (χ0v) is 16.4. The van der Waals surface area contributed by atoms with E-state index in [0.717, 1.165) is 12.8 Å². The maximum absolute atomic E-state index is 12.5. The summed E-state index contributed by atoms with van der Waals surface area (Å²) in [6.45, 7) is 2.59. The molecule has 0 spiro atoms. The Bertz CT molecular complexity index is 806. The number of rotatable bonds is 8. The molecule has 0 radical (unpaired) electrons. The third kappa shape index (κ3) is 5.37. The van der Waals surface area contributed by atoms with E-state index in [1.165, 1.54) is 7.11 Å². The van der Waals surface area contributed by atoms with Crippen molar-refractivity contribution in [1.29, 1.82) is 0 Å². The number of unbranched alkanes of at least 4 members (excludes halogenated alkanes) is 1. The molecule has 0 aromatic heterocycles. The molecule has 0 bridgehead atoms.